The number of aliphatic hydroxyl groups excluding tert-OH is 2. The number of nitrogens with zero attached hydrogens (tertiary/aromatic N) is 3. The largest absolute Gasteiger partial charge is 0.497 e. The maximum Gasteiger partial charge on any atom is 0.481 e. The summed E-state index contributed by atoms with van der Waals surface area (Å²) in [5.41, 5.74) is -1.07. The van der Waals surface area contributed by atoms with Crippen LogP contribution in [0.2, 0.25) is 0 Å². The highest BCUT2D eigenvalue weighted by Gasteiger charge is 2.46. The van der Waals surface area contributed by atoms with Crippen LogP contribution in [0, 0.1) is 0 Å². The van der Waals surface area contributed by atoms with Crippen LogP contribution >= 0.6 is 15.6 Å². The Balaban J connectivity index is 1.58. The van der Waals surface area contributed by atoms with E-state index in [0.29, 0.717) is 16.7 Å². The van der Waals surface area contributed by atoms with E-state index in [1.165, 1.54) is 7.11 Å². The van der Waals surface area contributed by atoms with Gasteiger partial charge in [0.15, 0.2) is 11.8 Å². The first-order valence-electron chi connectivity index (χ1n) is 10.3. The number of methoxy groups -OCH3 is 1. The SMILES string of the molecule is COc1ccc2onc(Cn3c(=O)ccn([C@@H]4O[C@H](COP(=O)(O)OP(=O)(O)O)[C@H](O)C4O)c3=O)c2c1. The first-order chi connectivity index (χ1) is 17.3. The number of phosphoric acid groups is 2. The van der Waals surface area contributed by atoms with Gasteiger partial charge in [-0.3, -0.25) is 18.5 Å². The quantitative estimate of drug-likeness (QED) is 0.197. The molecule has 2 aromatic heterocycles. The van der Waals surface area contributed by atoms with Crippen LogP contribution in [0.15, 0.2) is 44.6 Å². The number of rotatable bonds is 9. The van der Waals surface area contributed by atoms with Gasteiger partial charge in [-0.15, -0.1) is 0 Å². The maximum atomic E-state index is 13.1. The molecule has 19 heteroatoms. The van der Waals surface area contributed by atoms with Crippen LogP contribution in [0.1, 0.15) is 11.9 Å². The third kappa shape index (κ3) is 5.91. The lowest BCUT2D eigenvalue weighted by Gasteiger charge is -2.19. The molecule has 1 saturated heterocycles. The summed E-state index contributed by atoms with van der Waals surface area (Å²) in [6.45, 7) is -1.28. The second kappa shape index (κ2) is 10.2. The molecule has 1 aromatic carbocycles. The topological polar surface area (TPSA) is 242 Å². The van der Waals surface area contributed by atoms with Gasteiger partial charge < -0.3 is 38.9 Å². The fourth-order valence-corrected chi connectivity index (χ4v) is 5.25. The van der Waals surface area contributed by atoms with E-state index in [-0.39, 0.29) is 12.2 Å². The minimum atomic E-state index is -5.38. The molecule has 3 aromatic rings. The Morgan fingerprint density at radius 3 is 2.51 bits per heavy atom. The van der Waals surface area contributed by atoms with Crippen LogP contribution in [0.25, 0.3) is 11.0 Å². The molecule has 0 bridgehead atoms. The second-order valence-electron chi connectivity index (χ2n) is 7.80. The summed E-state index contributed by atoms with van der Waals surface area (Å²) in [7, 11) is -9.19. The van der Waals surface area contributed by atoms with Crippen molar-refractivity contribution in [3.63, 3.8) is 0 Å². The zero-order valence-corrected chi connectivity index (χ0v) is 20.5. The molecule has 5 N–H and O–H groups in total. The molecule has 0 amide bonds. The molecule has 5 atom stereocenters. The van der Waals surface area contributed by atoms with Crippen molar-refractivity contribution < 1.29 is 56.9 Å². The molecule has 1 aliphatic rings. The normalized spacial score (nSPS) is 23.8. The summed E-state index contributed by atoms with van der Waals surface area (Å²) in [4.78, 5) is 52.3. The number of hydrogen-bond acceptors (Lipinski definition) is 12. The molecule has 0 radical (unpaired) electrons. The number of aromatic nitrogens is 3. The molecular formula is C18H21N3O14P2. The Kier molecular flexibility index (Phi) is 7.56. The third-order valence-electron chi connectivity index (χ3n) is 5.38. The molecule has 2 unspecified atom stereocenters. The van der Waals surface area contributed by atoms with E-state index in [4.69, 9.17) is 23.8 Å². The summed E-state index contributed by atoms with van der Waals surface area (Å²) in [5, 5.41) is 25.1. The fraction of sp³-hybridized carbons (Fsp3) is 0.389. The average molecular weight is 565 g/mol. The van der Waals surface area contributed by atoms with Crippen LogP contribution in [0.5, 0.6) is 5.75 Å². The smallest absolute Gasteiger partial charge is 0.481 e. The summed E-state index contributed by atoms with van der Waals surface area (Å²) in [6.07, 6.45) is -5.62. The van der Waals surface area contributed by atoms with E-state index >= 15 is 0 Å². The van der Waals surface area contributed by atoms with Crippen molar-refractivity contribution in [2.24, 2.45) is 0 Å². The number of fused-ring (bicyclic) bond motifs is 1. The number of benzene rings is 1. The lowest BCUT2D eigenvalue weighted by atomic mass is 10.1. The minimum absolute atomic E-state index is 0.230. The van der Waals surface area contributed by atoms with E-state index in [1.54, 1.807) is 18.2 Å². The molecule has 3 heterocycles. The number of hydrogen-bond donors (Lipinski definition) is 5. The van der Waals surface area contributed by atoms with Crippen molar-refractivity contribution >= 4 is 26.6 Å². The lowest BCUT2D eigenvalue weighted by molar-refractivity contribution is -0.0547. The highest BCUT2D eigenvalue weighted by atomic mass is 31.3. The fourth-order valence-electron chi connectivity index (χ4n) is 3.65. The average Bonchev–Trinajstić information content (AvgIpc) is 3.34. The predicted octanol–water partition coefficient (Wildman–Crippen LogP) is -0.946. The van der Waals surface area contributed by atoms with Crippen molar-refractivity contribution in [1.29, 1.82) is 0 Å². The molecule has 4 rings (SSSR count). The molecule has 37 heavy (non-hydrogen) atoms. The van der Waals surface area contributed by atoms with Crippen molar-refractivity contribution in [2.45, 2.75) is 31.1 Å². The zero-order chi connectivity index (χ0) is 27.1. The van der Waals surface area contributed by atoms with Gasteiger partial charge in [-0.2, -0.15) is 4.31 Å². The molecule has 17 nitrogen and oxygen atoms in total. The lowest BCUT2D eigenvalue weighted by Crippen LogP contribution is -2.43. The van der Waals surface area contributed by atoms with E-state index in [1.807, 2.05) is 0 Å². The van der Waals surface area contributed by atoms with Gasteiger partial charge >= 0.3 is 21.3 Å². The Labute approximate surface area is 205 Å². The monoisotopic (exact) mass is 565 g/mol. The van der Waals surface area contributed by atoms with Crippen molar-refractivity contribution in [3.05, 3.63) is 57.0 Å². The van der Waals surface area contributed by atoms with Crippen molar-refractivity contribution in [3.8, 4) is 5.75 Å². The highest BCUT2D eigenvalue weighted by molar-refractivity contribution is 7.60. The summed E-state index contributed by atoms with van der Waals surface area (Å²) in [6, 6.07) is 5.84. The number of phosphoric ester groups is 1. The number of aliphatic hydroxyl groups is 2. The van der Waals surface area contributed by atoms with Gasteiger partial charge in [0, 0.05) is 12.3 Å². The Morgan fingerprint density at radius 1 is 1.11 bits per heavy atom. The minimum Gasteiger partial charge on any atom is -0.497 e. The Morgan fingerprint density at radius 2 is 1.84 bits per heavy atom. The van der Waals surface area contributed by atoms with Crippen LogP contribution in [0.3, 0.4) is 0 Å². The van der Waals surface area contributed by atoms with Crippen molar-refractivity contribution in [1.82, 2.24) is 14.3 Å². The van der Waals surface area contributed by atoms with Crippen molar-refractivity contribution in [2.75, 3.05) is 13.7 Å². The standard InChI is InChI=1S/C18H21N3O14P2/c1-31-9-2-3-12-10(6-9)11(19-34-12)7-21-14(22)4-5-20(18(21)25)17-16(24)15(23)13(33-17)8-32-37(29,30)35-36(26,27)28/h2-6,13,15-17,23-24H,7-8H2,1H3,(H,29,30)(H2,26,27,28)/t13-,15+,16?,17-/m1/s1. The molecule has 1 fully saturated rings. The van der Waals surface area contributed by atoms with E-state index in [0.717, 1.165) is 21.4 Å². The molecule has 0 aliphatic carbocycles. The van der Waals surface area contributed by atoms with Gasteiger partial charge in [-0.1, -0.05) is 5.16 Å². The highest BCUT2D eigenvalue weighted by Crippen LogP contribution is 2.57. The molecule has 1 aliphatic heterocycles. The summed E-state index contributed by atoms with van der Waals surface area (Å²) < 4.78 is 47.9. The molecule has 0 saturated carbocycles. The first kappa shape index (κ1) is 27.3. The van der Waals surface area contributed by atoms with Gasteiger partial charge in [-0.05, 0) is 18.2 Å². The summed E-state index contributed by atoms with van der Waals surface area (Å²) >= 11 is 0. The van der Waals surface area contributed by atoms with Crippen LogP contribution in [0.4, 0.5) is 0 Å². The predicted molar refractivity (Wildman–Crippen MR) is 119 cm³/mol. The second-order valence-corrected chi connectivity index (χ2v) is 10.6. The van der Waals surface area contributed by atoms with E-state index in [2.05, 4.69) is 14.0 Å². The van der Waals surface area contributed by atoms with Gasteiger partial charge in [-0.25, -0.2) is 13.9 Å². The summed E-state index contributed by atoms with van der Waals surface area (Å²) in [5.74, 6) is 0.484. The van der Waals surface area contributed by atoms with Crippen LogP contribution in [-0.4, -0.2) is 71.2 Å². The third-order valence-corrected chi connectivity index (χ3v) is 7.53. The molecule has 202 valence electrons. The van der Waals surface area contributed by atoms with Crippen LogP contribution < -0.4 is 16.0 Å². The number of ether oxygens (including phenoxy) is 2. The maximum absolute atomic E-state index is 13.1. The zero-order valence-electron chi connectivity index (χ0n) is 18.8. The van der Waals surface area contributed by atoms with E-state index in [9.17, 15) is 33.8 Å². The van der Waals surface area contributed by atoms with Gasteiger partial charge in [0.1, 0.15) is 29.8 Å². The Bertz CT molecular complexity index is 1510. The molecular weight excluding hydrogens is 544 g/mol. The first-order valence-corrected chi connectivity index (χ1v) is 13.3. The van der Waals surface area contributed by atoms with Gasteiger partial charge in [0.25, 0.3) is 5.56 Å². The molecule has 0 spiro atoms. The van der Waals surface area contributed by atoms with Gasteiger partial charge in [0.05, 0.1) is 25.6 Å². The Hall–Kier alpha value is -2.69. The van der Waals surface area contributed by atoms with Crippen LogP contribution in [-0.2, 0) is 29.2 Å². The van der Waals surface area contributed by atoms with Gasteiger partial charge in [0.2, 0.25) is 0 Å². The van der Waals surface area contributed by atoms with E-state index < -0.39 is 58.0 Å².